The fourth-order valence-corrected chi connectivity index (χ4v) is 2.19. The lowest BCUT2D eigenvalue weighted by molar-refractivity contribution is 0.490. The van der Waals surface area contributed by atoms with E-state index in [1.165, 1.54) is 0 Å². The molecule has 2 nitrogen and oxygen atoms in total. The molecule has 0 amide bonds. The van der Waals surface area contributed by atoms with Gasteiger partial charge in [-0.1, -0.05) is 18.5 Å². The maximum atomic E-state index is 14.0. The van der Waals surface area contributed by atoms with Crippen molar-refractivity contribution in [3.05, 3.63) is 45.3 Å². The van der Waals surface area contributed by atoms with Crippen LogP contribution in [-0.4, -0.2) is 6.54 Å². The molecule has 0 atom stereocenters. The summed E-state index contributed by atoms with van der Waals surface area (Å²) in [7, 11) is 0. The molecule has 0 unspecified atom stereocenters. The Bertz CT molecular complexity index is 571. The Hall–Kier alpha value is -0.840. The van der Waals surface area contributed by atoms with Crippen LogP contribution in [0.5, 0.6) is 0 Å². The standard InChI is InChI=1S/C14H14BrClFNO/c1-2-7-18-8-9-3-6-12(19-9)10-4-5-11(15)13(16)14(10)17/h3-6,18H,2,7-8H2,1H3. The predicted octanol–water partition coefficient (Wildman–Crippen LogP) is 5.00. The van der Waals surface area contributed by atoms with Crippen LogP contribution in [0.3, 0.4) is 0 Å². The highest BCUT2D eigenvalue weighted by atomic mass is 79.9. The summed E-state index contributed by atoms with van der Waals surface area (Å²) in [6.07, 6.45) is 1.06. The van der Waals surface area contributed by atoms with Gasteiger partial charge in [-0.25, -0.2) is 4.39 Å². The maximum Gasteiger partial charge on any atom is 0.153 e. The van der Waals surface area contributed by atoms with E-state index in [1.807, 2.05) is 6.07 Å². The molecule has 19 heavy (non-hydrogen) atoms. The zero-order valence-electron chi connectivity index (χ0n) is 10.5. The van der Waals surface area contributed by atoms with E-state index in [1.54, 1.807) is 18.2 Å². The van der Waals surface area contributed by atoms with Gasteiger partial charge in [-0.3, -0.25) is 0 Å². The minimum absolute atomic E-state index is 0.0690. The van der Waals surface area contributed by atoms with Crippen LogP contribution in [0.1, 0.15) is 19.1 Å². The lowest BCUT2D eigenvalue weighted by atomic mass is 10.1. The van der Waals surface area contributed by atoms with Crippen LogP contribution in [0.15, 0.2) is 33.2 Å². The Labute approximate surface area is 125 Å². The Morgan fingerprint density at radius 3 is 2.84 bits per heavy atom. The van der Waals surface area contributed by atoms with Crippen molar-refractivity contribution in [3.8, 4) is 11.3 Å². The monoisotopic (exact) mass is 345 g/mol. The molecule has 0 saturated carbocycles. The number of hydrogen-bond donors (Lipinski definition) is 1. The number of hydrogen-bond acceptors (Lipinski definition) is 2. The molecule has 1 aromatic carbocycles. The number of furan rings is 1. The molecule has 2 aromatic rings. The van der Waals surface area contributed by atoms with Gasteiger partial charge in [0, 0.05) is 4.47 Å². The van der Waals surface area contributed by atoms with Crippen molar-refractivity contribution in [1.29, 1.82) is 0 Å². The molecular formula is C14H14BrClFNO. The molecule has 0 spiro atoms. The summed E-state index contributed by atoms with van der Waals surface area (Å²) in [5.41, 5.74) is 0.370. The van der Waals surface area contributed by atoms with Crippen molar-refractivity contribution in [3.63, 3.8) is 0 Å². The van der Waals surface area contributed by atoms with E-state index in [0.29, 0.717) is 22.3 Å². The number of benzene rings is 1. The molecule has 2 rings (SSSR count). The van der Waals surface area contributed by atoms with Crippen LogP contribution in [0, 0.1) is 5.82 Å². The predicted molar refractivity (Wildman–Crippen MR) is 78.8 cm³/mol. The maximum absolute atomic E-state index is 14.0. The Balaban J connectivity index is 2.21. The van der Waals surface area contributed by atoms with Crippen LogP contribution < -0.4 is 5.32 Å². The van der Waals surface area contributed by atoms with Crippen molar-refractivity contribution in [2.24, 2.45) is 0 Å². The van der Waals surface area contributed by atoms with Crippen molar-refractivity contribution in [2.75, 3.05) is 6.54 Å². The molecule has 0 aliphatic heterocycles. The van der Waals surface area contributed by atoms with Gasteiger partial charge < -0.3 is 9.73 Å². The van der Waals surface area contributed by atoms with Crippen molar-refractivity contribution < 1.29 is 8.81 Å². The highest BCUT2D eigenvalue weighted by Gasteiger charge is 2.14. The van der Waals surface area contributed by atoms with Gasteiger partial charge in [0.05, 0.1) is 17.1 Å². The van der Waals surface area contributed by atoms with Gasteiger partial charge in [0.2, 0.25) is 0 Å². The van der Waals surface area contributed by atoms with Crippen molar-refractivity contribution >= 4 is 27.5 Å². The lowest BCUT2D eigenvalue weighted by Gasteiger charge is -2.04. The molecule has 1 heterocycles. The summed E-state index contributed by atoms with van der Waals surface area (Å²) < 4.78 is 20.2. The van der Waals surface area contributed by atoms with Gasteiger partial charge in [-0.2, -0.15) is 0 Å². The Morgan fingerprint density at radius 1 is 1.32 bits per heavy atom. The zero-order chi connectivity index (χ0) is 13.8. The summed E-state index contributed by atoms with van der Waals surface area (Å²) >= 11 is 9.05. The second-order valence-corrected chi connectivity index (χ2v) is 5.40. The summed E-state index contributed by atoms with van der Waals surface area (Å²) in [6, 6.07) is 6.95. The number of halogens is 3. The summed E-state index contributed by atoms with van der Waals surface area (Å²) in [5, 5.41) is 3.30. The lowest BCUT2D eigenvalue weighted by Crippen LogP contribution is -2.12. The van der Waals surface area contributed by atoms with E-state index in [-0.39, 0.29) is 5.02 Å². The minimum Gasteiger partial charge on any atom is -0.460 e. The molecule has 5 heteroatoms. The average molecular weight is 347 g/mol. The van der Waals surface area contributed by atoms with Crippen LogP contribution in [0.2, 0.25) is 5.02 Å². The first-order valence-electron chi connectivity index (χ1n) is 6.06. The highest BCUT2D eigenvalue weighted by Crippen LogP contribution is 2.33. The van der Waals surface area contributed by atoms with Gasteiger partial charge in [-0.15, -0.1) is 0 Å². The first-order chi connectivity index (χ1) is 9.13. The molecule has 0 aliphatic rings. The highest BCUT2D eigenvalue weighted by molar-refractivity contribution is 9.10. The van der Waals surface area contributed by atoms with E-state index < -0.39 is 5.82 Å². The average Bonchev–Trinajstić information content (AvgIpc) is 2.85. The summed E-state index contributed by atoms with van der Waals surface area (Å²) in [6.45, 7) is 3.66. The smallest absolute Gasteiger partial charge is 0.153 e. The molecule has 102 valence electrons. The van der Waals surface area contributed by atoms with Crippen LogP contribution in [-0.2, 0) is 6.54 Å². The van der Waals surface area contributed by atoms with Crippen molar-refractivity contribution in [1.82, 2.24) is 5.32 Å². The van der Waals surface area contributed by atoms with E-state index >= 15 is 0 Å². The van der Waals surface area contributed by atoms with Gasteiger partial charge in [0.25, 0.3) is 0 Å². The largest absolute Gasteiger partial charge is 0.460 e. The fourth-order valence-electron chi connectivity index (χ4n) is 1.72. The molecule has 0 bridgehead atoms. The number of rotatable bonds is 5. The van der Waals surface area contributed by atoms with Gasteiger partial charge >= 0.3 is 0 Å². The summed E-state index contributed by atoms with van der Waals surface area (Å²) in [4.78, 5) is 0. The van der Waals surface area contributed by atoms with Gasteiger partial charge in [0.15, 0.2) is 5.82 Å². The second-order valence-electron chi connectivity index (χ2n) is 4.17. The zero-order valence-corrected chi connectivity index (χ0v) is 12.8. The Morgan fingerprint density at radius 2 is 2.11 bits per heavy atom. The number of nitrogens with one attached hydrogen (secondary N) is 1. The quantitative estimate of drug-likeness (QED) is 0.609. The minimum atomic E-state index is -0.474. The first kappa shape index (κ1) is 14.6. The van der Waals surface area contributed by atoms with Gasteiger partial charge in [0.1, 0.15) is 11.5 Å². The molecule has 0 fully saturated rings. The van der Waals surface area contributed by atoms with E-state index in [4.69, 9.17) is 16.0 Å². The van der Waals surface area contributed by atoms with Crippen LogP contribution in [0.25, 0.3) is 11.3 Å². The third kappa shape index (κ3) is 3.38. The van der Waals surface area contributed by atoms with E-state index in [0.717, 1.165) is 18.7 Å². The second kappa shape index (κ2) is 6.55. The topological polar surface area (TPSA) is 25.2 Å². The SMILES string of the molecule is CCCNCc1ccc(-c2ccc(Br)c(Cl)c2F)o1. The fraction of sp³-hybridized carbons (Fsp3) is 0.286. The third-order valence-corrected chi connectivity index (χ3v) is 3.95. The molecular weight excluding hydrogens is 333 g/mol. The first-order valence-corrected chi connectivity index (χ1v) is 7.24. The normalized spacial score (nSPS) is 10.9. The molecule has 1 N–H and O–H groups in total. The van der Waals surface area contributed by atoms with E-state index in [2.05, 4.69) is 28.2 Å². The van der Waals surface area contributed by atoms with Gasteiger partial charge in [-0.05, 0) is 53.2 Å². The molecule has 0 radical (unpaired) electrons. The van der Waals surface area contributed by atoms with Crippen LogP contribution >= 0.6 is 27.5 Å². The Kier molecular flexibility index (Phi) is 5.02. The summed E-state index contributed by atoms with van der Waals surface area (Å²) in [5.74, 6) is 0.792. The molecule has 1 aromatic heterocycles. The third-order valence-electron chi connectivity index (χ3n) is 2.69. The molecule has 0 saturated heterocycles. The van der Waals surface area contributed by atoms with Crippen molar-refractivity contribution in [2.45, 2.75) is 19.9 Å². The molecule has 0 aliphatic carbocycles. The van der Waals surface area contributed by atoms with E-state index in [9.17, 15) is 4.39 Å². The van der Waals surface area contributed by atoms with Crippen LogP contribution in [0.4, 0.5) is 4.39 Å².